The number of nitrogens with zero attached hydrogens (tertiary/aromatic N) is 1. The van der Waals surface area contributed by atoms with Crippen LogP contribution in [0.5, 0.6) is 0 Å². The van der Waals surface area contributed by atoms with Crippen LogP contribution in [0.4, 0.5) is 0 Å². The first-order chi connectivity index (χ1) is 10.6. The summed E-state index contributed by atoms with van der Waals surface area (Å²) in [5.41, 5.74) is 4.52. The molecule has 5 heteroatoms. The number of thiazole rings is 1. The van der Waals surface area contributed by atoms with Crippen molar-refractivity contribution in [1.29, 1.82) is 0 Å². The number of aromatic nitrogens is 1. The van der Waals surface area contributed by atoms with Gasteiger partial charge in [0.15, 0.2) is 0 Å². The average Bonchev–Trinajstić information content (AvgIpc) is 3.13. The van der Waals surface area contributed by atoms with E-state index in [4.69, 9.17) is 4.74 Å². The second kappa shape index (κ2) is 7.02. The van der Waals surface area contributed by atoms with Crippen molar-refractivity contribution < 1.29 is 8.95 Å². The molecule has 118 valence electrons. The van der Waals surface area contributed by atoms with Crippen LogP contribution in [0.25, 0.3) is 0 Å². The van der Waals surface area contributed by atoms with Gasteiger partial charge in [-0.3, -0.25) is 4.21 Å². The van der Waals surface area contributed by atoms with Gasteiger partial charge in [-0.05, 0) is 37.8 Å². The maximum Gasteiger partial charge on any atom is 0.122 e. The van der Waals surface area contributed by atoms with Crippen LogP contribution in [0.1, 0.15) is 46.3 Å². The van der Waals surface area contributed by atoms with E-state index in [1.54, 1.807) is 11.3 Å². The van der Waals surface area contributed by atoms with Crippen LogP contribution in [0.2, 0.25) is 0 Å². The van der Waals surface area contributed by atoms with E-state index in [0.29, 0.717) is 11.5 Å². The first-order valence-electron chi connectivity index (χ1n) is 7.59. The molecule has 22 heavy (non-hydrogen) atoms. The van der Waals surface area contributed by atoms with Crippen molar-refractivity contribution in [3.63, 3.8) is 0 Å². The molecule has 1 fully saturated rings. The van der Waals surface area contributed by atoms with E-state index in [1.165, 1.54) is 16.7 Å². The fraction of sp³-hybridized carbons (Fsp3) is 0.471. The molecule has 1 aliphatic heterocycles. The molecule has 0 radical (unpaired) electrons. The number of aryl methyl sites for hydroxylation is 2. The number of hydrogen-bond donors (Lipinski definition) is 0. The first-order valence-corrected chi connectivity index (χ1v) is 9.95. The van der Waals surface area contributed by atoms with Crippen LogP contribution in [0.15, 0.2) is 23.6 Å². The number of rotatable bonds is 5. The molecule has 1 aromatic heterocycles. The van der Waals surface area contributed by atoms with Crippen LogP contribution < -0.4 is 0 Å². The van der Waals surface area contributed by atoms with E-state index in [0.717, 1.165) is 30.2 Å². The minimum atomic E-state index is -0.925. The zero-order valence-corrected chi connectivity index (χ0v) is 14.6. The Morgan fingerprint density at radius 1 is 1.36 bits per heavy atom. The van der Waals surface area contributed by atoms with E-state index in [9.17, 15) is 4.21 Å². The highest BCUT2D eigenvalue weighted by Gasteiger charge is 2.21. The Morgan fingerprint density at radius 3 is 3.00 bits per heavy atom. The molecule has 0 amide bonds. The Balaban J connectivity index is 1.63. The van der Waals surface area contributed by atoms with E-state index in [1.807, 2.05) is 5.38 Å². The highest BCUT2D eigenvalue weighted by molar-refractivity contribution is 7.83. The minimum absolute atomic E-state index is 0.159. The molecule has 1 aliphatic rings. The molecule has 2 heterocycles. The van der Waals surface area contributed by atoms with Gasteiger partial charge in [-0.1, -0.05) is 23.8 Å². The topological polar surface area (TPSA) is 39.2 Å². The molecule has 0 aliphatic carbocycles. The monoisotopic (exact) mass is 335 g/mol. The standard InChI is InChI=1S/C17H21NO2S2/c1-12-5-6-13(2)14(8-12)10-22(19)11-15-9-21-17(18-15)16-4-3-7-20-16/h5-6,8-9,16H,3-4,7,10-11H2,1-2H3/t16-,22-/m0/s1. The van der Waals surface area contributed by atoms with Crippen LogP contribution in [-0.2, 0) is 27.0 Å². The van der Waals surface area contributed by atoms with Crippen molar-refractivity contribution in [2.75, 3.05) is 6.61 Å². The van der Waals surface area contributed by atoms with Crippen molar-refractivity contribution in [1.82, 2.24) is 4.98 Å². The molecule has 3 rings (SSSR count). The molecule has 3 nitrogen and oxygen atoms in total. The second-order valence-corrected chi connectivity index (χ2v) is 8.18. The third-order valence-corrected chi connectivity index (χ3v) is 6.14. The summed E-state index contributed by atoms with van der Waals surface area (Å²) in [5.74, 6) is 1.12. The molecule has 1 saturated heterocycles. The summed E-state index contributed by atoms with van der Waals surface area (Å²) in [6, 6.07) is 6.32. The van der Waals surface area contributed by atoms with Gasteiger partial charge >= 0.3 is 0 Å². The van der Waals surface area contributed by atoms with Gasteiger partial charge in [-0.25, -0.2) is 4.98 Å². The van der Waals surface area contributed by atoms with E-state index >= 15 is 0 Å². The van der Waals surface area contributed by atoms with Crippen molar-refractivity contribution in [3.8, 4) is 0 Å². The molecular weight excluding hydrogens is 314 g/mol. The predicted octanol–water partition coefficient (Wildman–Crippen LogP) is 4.06. The normalized spacial score (nSPS) is 19.5. The average molecular weight is 335 g/mol. The molecule has 2 atom stereocenters. The highest BCUT2D eigenvalue weighted by atomic mass is 32.2. The lowest BCUT2D eigenvalue weighted by Gasteiger charge is -2.07. The van der Waals surface area contributed by atoms with Gasteiger partial charge in [0.05, 0.1) is 11.4 Å². The van der Waals surface area contributed by atoms with Crippen LogP contribution in [0.3, 0.4) is 0 Å². The highest BCUT2D eigenvalue weighted by Crippen LogP contribution is 2.30. The Hall–Kier alpha value is -1.04. The quantitative estimate of drug-likeness (QED) is 0.827. The van der Waals surface area contributed by atoms with E-state index in [-0.39, 0.29) is 6.10 Å². The summed E-state index contributed by atoms with van der Waals surface area (Å²) in [5, 5.41) is 3.06. The van der Waals surface area contributed by atoms with Gasteiger partial charge in [0.2, 0.25) is 0 Å². The lowest BCUT2D eigenvalue weighted by Crippen LogP contribution is -2.02. The third-order valence-electron chi connectivity index (χ3n) is 3.90. The Kier molecular flexibility index (Phi) is 5.06. The molecule has 2 aromatic rings. The number of ether oxygens (including phenoxy) is 1. The lowest BCUT2D eigenvalue weighted by molar-refractivity contribution is 0.111. The maximum absolute atomic E-state index is 12.4. The largest absolute Gasteiger partial charge is 0.371 e. The summed E-state index contributed by atoms with van der Waals surface area (Å²) in [6.07, 6.45) is 2.32. The Morgan fingerprint density at radius 2 is 2.23 bits per heavy atom. The fourth-order valence-corrected chi connectivity index (χ4v) is 4.90. The summed E-state index contributed by atoms with van der Waals surface area (Å²) in [6.45, 7) is 4.97. The second-order valence-electron chi connectivity index (χ2n) is 5.84. The molecule has 0 unspecified atom stereocenters. The molecule has 0 spiro atoms. The summed E-state index contributed by atoms with van der Waals surface area (Å²) >= 11 is 1.63. The predicted molar refractivity (Wildman–Crippen MR) is 91.5 cm³/mol. The Labute approximate surface area is 138 Å². The smallest absolute Gasteiger partial charge is 0.122 e. The van der Waals surface area contributed by atoms with Crippen LogP contribution in [-0.4, -0.2) is 15.8 Å². The lowest BCUT2D eigenvalue weighted by atomic mass is 10.1. The van der Waals surface area contributed by atoms with Crippen molar-refractivity contribution in [2.45, 2.75) is 44.3 Å². The molecular formula is C17H21NO2S2. The van der Waals surface area contributed by atoms with E-state index < -0.39 is 10.8 Å². The first kappa shape index (κ1) is 15.8. The van der Waals surface area contributed by atoms with Gasteiger partial charge in [0.25, 0.3) is 0 Å². The summed E-state index contributed by atoms with van der Waals surface area (Å²) in [4.78, 5) is 4.61. The van der Waals surface area contributed by atoms with Gasteiger partial charge < -0.3 is 4.74 Å². The van der Waals surface area contributed by atoms with Crippen LogP contribution >= 0.6 is 11.3 Å². The Bertz CT molecular complexity index is 675. The van der Waals surface area contributed by atoms with Gasteiger partial charge in [-0.2, -0.15) is 0 Å². The third kappa shape index (κ3) is 3.83. The zero-order valence-electron chi connectivity index (χ0n) is 13.0. The summed E-state index contributed by atoms with van der Waals surface area (Å²) in [7, 11) is -0.925. The molecule has 0 bridgehead atoms. The van der Waals surface area contributed by atoms with E-state index in [2.05, 4.69) is 37.0 Å². The molecule has 0 saturated carbocycles. The number of hydrogen-bond acceptors (Lipinski definition) is 4. The number of benzene rings is 1. The van der Waals surface area contributed by atoms with Crippen molar-refractivity contribution >= 4 is 22.1 Å². The fourth-order valence-electron chi connectivity index (χ4n) is 2.65. The zero-order chi connectivity index (χ0) is 15.5. The summed E-state index contributed by atoms with van der Waals surface area (Å²) < 4.78 is 18.1. The van der Waals surface area contributed by atoms with Gasteiger partial charge in [0, 0.05) is 28.5 Å². The molecule has 0 N–H and O–H groups in total. The maximum atomic E-state index is 12.4. The van der Waals surface area contributed by atoms with Crippen molar-refractivity contribution in [3.05, 3.63) is 51.0 Å². The van der Waals surface area contributed by atoms with Crippen molar-refractivity contribution in [2.24, 2.45) is 0 Å². The minimum Gasteiger partial charge on any atom is -0.371 e. The van der Waals surface area contributed by atoms with Gasteiger partial charge in [-0.15, -0.1) is 11.3 Å². The van der Waals surface area contributed by atoms with Crippen LogP contribution in [0, 0.1) is 13.8 Å². The SMILES string of the molecule is Cc1ccc(C)c(C[S@](=O)Cc2csc([C@@H]3CCCO3)n2)c1. The van der Waals surface area contributed by atoms with Gasteiger partial charge in [0.1, 0.15) is 11.1 Å². The molecule has 1 aromatic carbocycles.